The van der Waals surface area contributed by atoms with Crippen molar-refractivity contribution in [3.05, 3.63) is 48.8 Å². The van der Waals surface area contributed by atoms with Gasteiger partial charge in [0.2, 0.25) is 0 Å². The van der Waals surface area contributed by atoms with Gasteiger partial charge < -0.3 is 10.0 Å². The normalized spacial score (nSPS) is 10.4. The van der Waals surface area contributed by atoms with E-state index in [-0.39, 0.29) is 6.61 Å². The lowest BCUT2D eigenvalue weighted by molar-refractivity contribution is 0.301. The molecule has 1 N–H and O–H groups in total. The van der Waals surface area contributed by atoms with Gasteiger partial charge in [-0.1, -0.05) is 18.2 Å². The molecule has 0 saturated heterocycles. The fourth-order valence-corrected chi connectivity index (χ4v) is 1.79. The van der Waals surface area contributed by atoms with Crippen LogP contribution in [0, 0.1) is 0 Å². The largest absolute Gasteiger partial charge is 0.395 e. The van der Waals surface area contributed by atoms with E-state index in [0.717, 1.165) is 18.8 Å². The summed E-state index contributed by atoms with van der Waals surface area (Å²) in [5.74, 6) is 0. The van der Waals surface area contributed by atoms with Crippen LogP contribution in [0.1, 0.15) is 0 Å². The van der Waals surface area contributed by atoms with Crippen LogP contribution in [-0.2, 0) is 6.54 Å². The van der Waals surface area contributed by atoms with Crippen molar-refractivity contribution in [2.24, 2.45) is 0 Å². The van der Waals surface area contributed by atoms with Crippen LogP contribution in [0.4, 0.5) is 5.69 Å². The standard InChI is InChI=1S/C13H17N3O/c17-12-11-15(13-5-2-1-3-6-13)9-10-16-8-4-7-14-16/h1-8,17H,9-12H2. The number of aliphatic hydroxyl groups excluding tert-OH is 1. The summed E-state index contributed by atoms with van der Waals surface area (Å²) in [7, 11) is 0. The number of hydrogen-bond acceptors (Lipinski definition) is 3. The number of hydrogen-bond donors (Lipinski definition) is 1. The summed E-state index contributed by atoms with van der Waals surface area (Å²) in [6, 6.07) is 12.0. The van der Waals surface area contributed by atoms with Gasteiger partial charge in [0.25, 0.3) is 0 Å². The molecule has 0 aliphatic rings. The van der Waals surface area contributed by atoms with E-state index in [1.54, 1.807) is 6.20 Å². The molecule has 0 amide bonds. The van der Waals surface area contributed by atoms with Gasteiger partial charge in [-0.2, -0.15) is 5.10 Å². The summed E-state index contributed by atoms with van der Waals surface area (Å²) < 4.78 is 1.90. The van der Waals surface area contributed by atoms with Crippen molar-refractivity contribution in [1.29, 1.82) is 0 Å². The van der Waals surface area contributed by atoms with Crippen LogP contribution in [0.3, 0.4) is 0 Å². The summed E-state index contributed by atoms with van der Waals surface area (Å²) in [5, 5.41) is 13.3. The Morgan fingerprint density at radius 1 is 1.12 bits per heavy atom. The Balaban J connectivity index is 1.98. The van der Waals surface area contributed by atoms with Crippen molar-refractivity contribution in [1.82, 2.24) is 9.78 Å². The zero-order valence-electron chi connectivity index (χ0n) is 9.74. The molecule has 90 valence electrons. The molecular weight excluding hydrogens is 214 g/mol. The molecular formula is C13H17N3O. The van der Waals surface area contributed by atoms with Crippen LogP contribution in [0.15, 0.2) is 48.8 Å². The van der Waals surface area contributed by atoms with Crippen molar-refractivity contribution in [2.45, 2.75) is 6.54 Å². The van der Waals surface area contributed by atoms with E-state index in [2.05, 4.69) is 22.1 Å². The van der Waals surface area contributed by atoms with E-state index in [0.29, 0.717) is 6.54 Å². The Morgan fingerprint density at radius 3 is 2.59 bits per heavy atom. The molecule has 0 aliphatic carbocycles. The summed E-state index contributed by atoms with van der Waals surface area (Å²) in [4.78, 5) is 2.15. The molecule has 0 bridgehead atoms. The maximum atomic E-state index is 9.09. The zero-order chi connectivity index (χ0) is 11.9. The number of rotatable bonds is 6. The van der Waals surface area contributed by atoms with Gasteiger partial charge in [0.15, 0.2) is 0 Å². The highest BCUT2D eigenvalue weighted by Crippen LogP contribution is 2.12. The first-order valence-electron chi connectivity index (χ1n) is 5.78. The molecule has 1 aromatic heterocycles. The molecule has 0 aliphatic heterocycles. The van der Waals surface area contributed by atoms with Gasteiger partial charge in [-0.05, 0) is 18.2 Å². The Kier molecular flexibility index (Phi) is 4.16. The predicted octanol–water partition coefficient (Wildman–Crippen LogP) is 1.38. The number of anilines is 1. The minimum absolute atomic E-state index is 0.161. The SMILES string of the molecule is OCCN(CCn1cccn1)c1ccccc1. The van der Waals surface area contributed by atoms with Crippen LogP contribution in [0.25, 0.3) is 0 Å². The molecule has 2 aromatic rings. The summed E-state index contributed by atoms with van der Waals surface area (Å²) in [5.41, 5.74) is 1.13. The maximum Gasteiger partial charge on any atom is 0.0606 e. The lowest BCUT2D eigenvalue weighted by Gasteiger charge is -2.23. The lowest BCUT2D eigenvalue weighted by atomic mass is 10.3. The van der Waals surface area contributed by atoms with E-state index in [4.69, 9.17) is 5.11 Å². The second-order valence-electron chi connectivity index (χ2n) is 3.82. The molecule has 1 aromatic carbocycles. The van der Waals surface area contributed by atoms with Crippen molar-refractivity contribution < 1.29 is 5.11 Å². The third-order valence-corrected chi connectivity index (χ3v) is 2.65. The number of para-hydroxylation sites is 1. The first kappa shape index (κ1) is 11.7. The average Bonchev–Trinajstić information content (AvgIpc) is 2.88. The van der Waals surface area contributed by atoms with Crippen LogP contribution in [0.2, 0.25) is 0 Å². The van der Waals surface area contributed by atoms with Crippen LogP contribution in [0.5, 0.6) is 0 Å². The van der Waals surface area contributed by atoms with Crippen molar-refractivity contribution in [3.8, 4) is 0 Å². The van der Waals surface area contributed by atoms with E-state index in [1.807, 2.05) is 35.1 Å². The monoisotopic (exact) mass is 231 g/mol. The van der Waals surface area contributed by atoms with E-state index in [9.17, 15) is 0 Å². The van der Waals surface area contributed by atoms with Crippen molar-refractivity contribution >= 4 is 5.69 Å². The first-order valence-corrected chi connectivity index (χ1v) is 5.78. The van der Waals surface area contributed by atoms with Gasteiger partial charge in [-0.25, -0.2) is 0 Å². The molecule has 17 heavy (non-hydrogen) atoms. The van der Waals surface area contributed by atoms with Crippen molar-refractivity contribution in [3.63, 3.8) is 0 Å². The molecule has 4 nitrogen and oxygen atoms in total. The number of aliphatic hydroxyl groups is 1. The number of benzene rings is 1. The van der Waals surface area contributed by atoms with Crippen molar-refractivity contribution in [2.75, 3.05) is 24.6 Å². The second kappa shape index (κ2) is 6.06. The highest BCUT2D eigenvalue weighted by atomic mass is 16.3. The third kappa shape index (κ3) is 3.32. The molecule has 0 fully saturated rings. The molecule has 1 heterocycles. The fraction of sp³-hybridized carbons (Fsp3) is 0.308. The summed E-state index contributed by atoms with van der Waals surface area (Å²) >= 11 is 0. The highest BCUT2D eigenvalue weighted by Gasteiger charge is 2.05. The van der Waals surface area contributed by atoms with Gasteiger partial charge >= 0.3 is 0 Å². The summed E-state index contributed by atoms with van der Waals surface area (Å²) in [6.45, 7) is 2.47. The lowest BCUT2D eigenvalue weighted by Crippen LogP contribution is -2.30. The molecule has 0 atom stereocenters. The number of nitrogens with zero attached hydrogens (tertiary/aromatic N) is 3. The van der Waals surface area contributed by atoms with Gasteiger partial charge in [0, 0.05) is 31.2 Å². The topological polar surface area (TPSA) is 41.3 Å². The highest BCUT2D eigenvalue weighted by molar-refractivity contribution is 5.45. The molecule has 4 heteroatoms. The molecule has 0 spiro atoms. The predicted molar refractivity (Wildman–Crippen MR) is 68.0 cm³/mol. The Morgan fingerprint density at radius 2 is 1.94 bits per heavy atom. The minimum Gasteiger partial charge on any atom is -0.395 e. The summed E-state index contributed by atoms with van der Waals surface area (Å²) in [6.07, 6.45) is 3.72. The van der Waals surface area contributed by atoms with Crippen LogP contribution >= 0.6 is 0 Å². The Hall–Kier alpha value is -1.81. The van der Waals surface area contributed by atoms with E-state index in [1.165, 1.54) is 0 Å². The third-order valence-electron chi connectivity index (χ3n) is 2.65. The van der Waals surface area contributed by atoms with E-state index >= 15 is 0 Å². The van der Waals surface area contributed by atoms with E-state index < -0.39 is 0 Å². The number of aromatic nitrogens is 2. The Bertz CT molecular complexity index is 413. The molecule has 0 unspecified atom stereocenters. The maximum absolute atomic E-state index is 9.09. The van der Waals surface area contributed by atoms with Crippen LogP contribution < -0.4 is 4.90 Å². The van der Waals surface area contributed by atoms with Crippen LogP contribution in [-0.4, -0.2) is 34.6 Å². The molecule has 2 rings (SSSR count). The molecule has 0 saturated carbocycles. The minimum atomic E-state index is 0.161. The average molecular weight is 231 g/mol. The smallest absolute Gasteiger partial charge is 0.0606 e. The fourth-order valence-electron chi connectivity index (χ4n) is 1.79. The van der Waals surface area contributed by atoms with Gasteiger partial charge in [0.05, 0.1) is 13.2 Å². The Labute approximate surface area is 101 Å². The second-order valence-corrected chi connectivity index (χ2v) is 3.82. The van der Waals surface area contributed by atoms with Gasteiger partial charge in [-0.15, -0.1) is 0 Å². The molecule has 0 radical (unpaired) electrons. The zero-order valence-corrected chi connectivity index (χ0v) is 9.74. The first-order chi connectivity index (χ1) is 8.40. The quantitative estimate of drug-likeness (QED) is 0.816. The van der Waals surface area contributed by atoms with Gasteiger partial charge in [-0.3, -0.25) is 4.68 Å². The van der Waals surface area contributed by atoms with Gasteiger partial charge in [0.1, 0.15) is 0 Å².